The van der Waals surface area contributed by atoms with E-state index in [4.69, 9.17) is 0 Å². The molecule has 0 aromatic carbocycles. The first-order chi connectivity index (χ1) is 8.17. The van der Waals surface area contributed by atoms with Gasteiger partial charge in [-0.2, -0.15) is 0 Å². The van der Waals surface area contributed by atoms with Crippen LogP contribution in [0.1, 0.15) is 34.1 Å². The highest BCUT2D eigenvalue weighted by molar-refractivity contribution is 4.80. The average molecular weight is 241 g/mol. The minimum Gasteiger partial charge on any atom is -0.314 e. The van der Waals surface area contributed by atoms with E-state index in [1.54, 1.807) is 0 Å². The lowest BCUT2D eigenvalue weighted by Crippen LogP contribution is -2.37. The highest BCUT2D eigenvalue weighted by Crippen LogP contribution is 2.21. The van der Waals surface area contributed by atoms with E-state index in [0.29, 0.717) is 0 Å². The SMILES string of the molecule is CCN(CC)CCNCCN1CC(C)CC1C. The van der Waals surface area contributed by atoms with Crippen molar-refractivity contribution in [3.8, 4) is 0 Å². The monoisotopic (exact) mass is 241 g/mol. The van der Waals surface area contributed by atoms with Crippen LogP contribution in [0.2, 0.25) is 0 Å². The second-order valence-corrected chi connectivity index (χ2v) is 5.46. The Labute approximate surface area is 108 Å². The Kier molecular flexibility index (Phi) is 7.09. The summed E-state index contributed by atoms with van der Waals surface area (Å²) in [6, 6.07) is 0.787. The highest BCUT2D eigenvalue weighted by atomic mass is 15.2. The Morgan fingerprint density at radius 2 is 1.88 bits per heavy atom. The van der Waals surface area contributed by atoms with E-state index in [9.17, 15) is 0 Å². The number of rotatable bonds is 8. The molecule has 1 fully saturated rings. The van der Waals surface area contributed by atoms with E-state index >= 15 is 0 Å². The third kappa shape index (κ3) is 5.36. The third-order valence-corrected chi connectivity index (χ3v) is 3.99. The van der Waals surface area contributed by atoms with Crippen molar-refractivity contribution in [1.82, 2.24) is 15.1 Å². The van der Waals surface area contributed by atoms with Gasteiger partial charge in [-0.15, -0.1) is 0 Å². The summed E-state index contributed by atoms with van der Waals surface area (Å²) >= 11 is 0. The first-order valence-electron chi connectivity index (χ1n) is 7.34. The number of likely N-dealkylation sites (tertiary alicyclic amines) is 1. The zero-order valence-corrected chi connectivity index (χ0v) is 12.2. The third-order valence-electron chi connectivity index (χ3n) is 3.99. The smallest absolute Gasteiger partial charge is 0.0110 e. The molecule has 0 saturated carbocycles. The Bertz CT molecular complexity index is 192. The molecule has 0 radical (unpaired) electrons. The van der Waals surface area contributed by atoms with Crippen molar-refractivity contribution in [3.63, 3.8) is 0 Å². The largest absolute Gasteiger partial charge is 0.314 e. The molecule has 1 saturated heterocycles. The lowest BCUT2D eigenvalue weighted by atomic mass is 10.1. The molecule has 1 heterocycles. The molecule has 102 valence electrons. The number of nitrogens with zero attached hydrogens (tertiary/aromatic N) is 2. The van der Waals surface area contributed by atoms with E-state index in [0.717, 1.165) is 25.0 Å². The predicted molar refractivity (Wildman–Crippen MR) is 75.5 cm³/mol. The van der Waals surface area contributed by atoms with Crippen molar-refractivity contribution >= 4 is 0 Å². The summed E-state index contributed by atoms with van der Waals surface area (Å²) in [6.07, 6.45) is 1.37. The molecule has 17 heavy (non-hydrogen) atoms. The van der Waals surface area contributed by atoms with E-state index in [2.05, 4.69) is 42.8 Å². The maximum Gasteiger partial charge on any atom is 0.0110 e. The van der Waals surface area contributed by atoms with Crippen LogP contribution in [-0.4, -0.2) is 61.7 Å². The van der Waals surface area contributed by atoms with Gasteiger partial charge in [-0.1, -0.05) is 20.8 Å². The maximum atomic E-state index is 3.56. The summed E-state index contributed by atoms with van der Waals surface area (Å²) < 4.78 is 0. The van der Waals surface area contributed by atoms with Gasteiger partial charge in [0.1, 0.15) is 0 Å². The molecular weight excluding hydrogens is 210 g/mol. The first kappa shape index (κ1) is 14.9. The van der Waals surface area contributed by atoms with Crippen LogP contribution in [0.4, 0.5) is 0 Å². The van der Waals surface area contributed by atoms with Gasteiger partial charge in [0.15, 0.2) is 0 Å². The van der Waals surface area contributed by atoms with Crippen LogP contribution in [-0.2, 0) is 0 Å². The van der Waals surface area contributed by atoms with Crippen molar-refractivity contribution in [2.24, 2.45) is 5.92 Å². The summed E-state index contributed by atoms with van der Waals surface area (Å²) in [5.74, 6) is 0.890. The summed E-state index contributed by atoms with van der Waals surface area (Å²) in [5.41, 5.74) is 0. The zero-order chi connectivity index (χ0) is 12.7. The molecular formula is C14H31N3. The van der Waals surface area contributed by atoms with Crippen LogP contribution in [0.15, 0.2) is 0 Å². The normalized spacial score (nSPS) is 25.9. The molecule has 3 nitrogen and oxygen atoms in total. The van der Waals surface area contributed by atoms with E-state index in [-0.39, 0.29) is 0 Å². The maximum absolute atomic E-state index is 3.56. The number of hydrogen-bond acceptors (Lipinski definition) is 3. The molecule has 1 aliphatic heterocycles. The summed E-state index contributed by atoms with van der Waals surface area (Å²) in [4.78, 5) is 5.09. The Hall–Kier alpha value is -0.120. The molecule has 0 spiro atoms. The molecule has 0 aromatic heterocycles. The summed E-state index contributed by atoms with van der Waals surface area (Å²) in [6.45, 7) is 17.5. The lowest BCUT2D eigenvalue weighted by Gasteiger charge is -2.22. The van der Waals surface area contributed by atoms with Gasteiger partial charge in [-0.3, -0.25) is 4.90 Å². The zero-order valence-electron chi connectivity index (χ0n) is 12.2. The van der Waals surface area contributed by atoms with Crippen molar-refractivity contribution in [1.29, 1.82) is 0 Å². The van der Waals surface area contributed by atoms with Crippen LogP contribution >= 0.6 is 0 Å². The number of hydrogen-bond donors (Lipinski definition) is 1. The fraction of sp³-hybridized carbons (Fsp3) is 1.00. The summed E-state index contributed by atoms with van der Waals surface area (Å²) in [5, 5.41) is 3.56. The Balaban J connectivity index is 2.01. The topological polar surface area (TPSA) is 18.5 Å². The molecule has 2 atom stereocenters. The van der Waals surface area contributed by atoms with Gasteiger partial charge in [-0.25, -0.2) is 0 Å². The molecule has 0 bridgehead atoms. The van der Waals surface area contributed by atoms with Gasteiger partial charge < -0.3 is 10.2 Å². The van der Waals surface area contributed by atoms with Gasteiger partial charge in [0, 0.05) is 38.8 Å². The molecule has 1 aliphatic rings. The molecule has 0 amide bonds. The van der Waals surface area contributed by atoms with Crippen LogP contribution in [0, 0.1) is 5.92 Å². The number of nitrogens with one attached hydrogen (secondary N) is 1. The molecule has 3 heteroatoms. The molecule has 2 unspecified atom stereocenters. The van der Waals surface area contributed by atoms with Gasteiger partial charge >= 0.3 is 0 Å². The van der Waals surface area contributed by atoms with E-state index in [1.165, 1.54) is 39.1 Å². The Morgan fingerprint density at radius 1 is 1.18 bits per heavy atom. The average Bonchev–Trinajstić information content (AvgIpc) is 2.62. The second kappa shape index (κ2) is 8.06. The summed E-state index contributed by atoms with van der Waals surface area (Å²) in [7, 11) is 0. The van der Waals surface area contributed by atoms with Gasteiger partial charge in [0.2, 0.25) is 0 Å². The fourth-order valence-corrected chi connectivity index (χ4v) is 2.82. The van der Waals surface area contributed by atoms with Crippen molar-refractivity contribution in [2.45, 2.75) is 40.2 Å². The minimum absolute atomic E-state index is 0.787. The highest BCUT2D eigenvalue weighted by Gasteiger charge is 2.24. The van der Waals surface area contributed by atoms with Crippen LogP contribution in [0.3, 0.4) is 0 Å². The molecule has 1 rings (SSSR count). The van der Waals surface area contributed by atoms with E-state index < -0.39 is 0 Å². The van der Waals surface area contributed by atoms with Gasteiger partial charge in [-0.05, 0) is 32.4 Å². The molecule has 1 N–H and O–H groups in total. The fourth-order valence-electron chi connectivity index (χ4n) is 2.82. The number of likely N-dealkylation sites (N-methyl/N-ethyl adjacent to an activating group) is 1. The van der Waals surface area contributed by atoms with Crippen LogP contribution < -0.4 is 5.32 Å². The van der Waals surface area contributed by atoms with Crippen molar-refractivity contribution in [2.75, 3.05) is 45.8 Å². The minimum atomic E-state index is 0.787. The van der Waals surface area contributed by atoms with E-state index in [1.807, 2.05) is 0 Å². The lowest BCUT2D eigenvalue weighted by molar-refractivity contribution is 0.258. The molecule has 0 aliphatic carbocycles. The second-order valence-electron chi connectivity index (χ2n) is 5.46. The molecule has 0 aromatic rings. The first-order valence-corrected chi connectivity index (χ1v) is 7.34. The Morgan fingerprint density at radius 3 is 2.41 bits per heavy atom. The van der Waals surface area contributed by atoms with Gasteiger partial charge in [0.05, 0.1) is 0 Å². The standard InChI is InChI=1S/C14H31N3/c1-5-16(6-2)9-7-15-8-10-17-12-13(3)11-14(17)4/h13-15H,5-12H2,1-4H3. The van der Waals surface area contributed by atoms with Crippen molar-refractivity contribution in [3.05, 3.63) is 0 Å². The van der Waals surface area contributed by atoms with Crippen molar-refractivity contribution < 1.29 is 0 Å². The predicted octanol–water partition coefficient (Wildman–Crippen LogP) is 1.65. The van der Waals surface area contributed by atoms with Gasteiger partial charge in [0.25, 0.3) is 0 Å². The van der Waals surface area contributed by atoms with Crippen LogP contribution in [0.25, 0.3) is 0 Å². The van der Waals surface area contributed by atoms with Crippen LogP contribution in [0.5, 0.6) is 0 Å². The quantitative estimate of drug-likeness (QED) is 0.652.